The zero-order chi connectivity index (χ0) is 12.8. The Morgan fingerprint density at radius 1 is 1.53 bits per heavy atom. The second kappa shape index (κ2) is 6.76. The molecule has 2 atom stereocenters. The van der Waals surface area contributed by atoms with E-state index < -0.39 is 12.2 Å². The summed E-state index contributed by atoms with van der Waals surface area (Å²) < 4.78 is 4.91. The number of pyridine rings is 1. The van der Waals surface area contributed by atoms with Gasteiger partial charge in [-0.1, -0.05) is 11.6 Å². The number of ether oxygens (including phenoxy) is 1. The van der Waals surface area contributed by atoms with Crippen molar-refractivity contribution in [3.63, 3.8) is 0 Å². The zero-order valence-electron chi connectivity index (χ0n) is 9.85. The van der Waals surface area contributed by atoms with Crippen LogP contribution in [-0.2, 0) is 0 Å². The molecule has 96 valence electrons. The number of hydrogen-bond acceptors (Lipinski definition) is 5. The van der Waals surface area contributed by atoms with Crippen LogP contribution in [0.5, 0.6) is 5.88 Å². The van der Waals surface area contributed by atoms with E-state index in [-0.39, 0.29) is 0 Å². The SMILES string of the molecule is CNCCC(O)C(O)c1cnc(OC)c(Cl)c1. The summed E-state index contributed by atoms with van der Waals surface area (Å²) >= 11 is 5.89. The number of aromatic nitrogens is 1. The Bertz CT molecular complexity index is 363. The van der Waals surface area contributed by atoms with Crippen LogP contribution in [-0.4, -0.2) is 42.0 Å². The van der Waals surface area contributed by atoms with E-state index in [1.54, 1.807) is 13.1 Å². The molecular formula is C11H17ClN2O3. The predicted molar refractivity (Wildman–Crippen MR) is 65.3 cm³/mol. The van der Waals surface area contributed by atoms with Crippen LogP contribution in [0, 0.1) is 0 Å². The van der Waals surface area contributed by atoms with Crippen molar-refractivity contribution in [2.45, 2.75) is 18.6 Å². The van der Waals surface area contributed by atoms with Crippen LogP contribution >= 0.6 is 11.6 Å². The maximum absolute atomic E-state index is 9.89. The van der Waals surface area contributed by atoms with Gasteiger partial charge in [0.25, 0.3) is 0 Å². The molecular weight excluding hydrogens is 244 g/mol. The van der Waals surface area contributed by atoms with Crippen molar-refractivity contribution in [2.75, 3.05) is 20.7 Å². The fourth-order valence-corrected chi connectivity index (χ4v) is 1.68. The first kappa shape index (κ1) is 14.2. The lowest BCUT2D eigenvalue weighted by atomic mass is 10.0. The number of aliphatic hydroxyl groups is 2. The molecule has 1 rings (SSSR count). The molecule has 17 heavy (non-hydrogen) atoms. The summed E-state index contributed by atoms with van der Waals surface area (Å²) in [6.45, 7) is 0.621. The first-order valence-corrected chi connectivity index (χ1v) is 5.68. The third-order valence-corrected chi connectivity index (χ3v) is 2.69. The molecule has 0 bridgehead atoms. The van der Waals surface area contributed by atoms with Gasteiger partial charge in [0.05, 0.1) is 13.2 Å². The highest BCUT2D eigenvalue weighted by Crippen LogP contribution is 2.26. The molecule has 0 aliphatic heterocycles. The molecule has 0 aliphatic rings. The highest BCUT2D eigenvalue weighted by molar-refractivity contribution is 6.31. The Balaban J connectivity index is 2.74. The maximum atomic E-state index is 9.89. The molecule has 0 radical (unpaired) electrons. The van der Waals surface area contributed by atoms with E-state index in [2.05, 4.69) is 10.3 Å². The van der Waals surface area contributed by atoms with Gasteiger partial charge in [-0.15, -0.1) is 0 Å². The topological polar surface area (TPSA) is 74.6 Å². The quantitative estimate of drug-likeness (QED) is 0.704. The third-order valence-electron chi connectivity index (χ3n) is 2.42. The van der Waals surface area contributed by atoms with Gasteiger partial charge in [0.1, 0.15) is 11.1 Å². The molecule has 6 heteroatoms. The van der Waals surface area contributed by atoms with Gasteiger partial charge in [-0.25, -0.2) is 4.98 Å². The number of nitrogens with zero attached hydrogens (tertiary/aromatic N) is 1. The molecule has 0 aliphatic carbocycles. The number of hydrogen-bond donors (Lipinski definition) is 3. The molecule has 1 aromatic heterocycles. The second-order valence-electron chi connectivity index (χ2n) is 3.66. The first-order valence-electron chi connectivity index (χ1n) is 5.30. The van der Waals surface area contributed by atoms with Gasteiger partial charge in [0, 0.05) is 11.8 Å². The second-order valence-corrected chi connectivity index (χ2v) is 4.07. The monoisotopic (exact) mass is 260 g/mol. The summed E-state index contributed by atoms with van der Waals surface area (Å²) in [5, 5.41) is 22.8. The summed E-state index contributed by atoms with van der Waals surface area (Å²) in [7, 11) is 3.25. The van der Waals surface area contributed by atoms with Crippen molar-refractivity contribution in [1.82, 2.24) is 10.3 Å². The van der Waals surface area contributed by atoms with E-state index in [1.165, 1.54) is 13.3 Å². The Hall–Kier alpha value is -0.880. The fourth-order valence-electron chi connectivity index (χ4n) is 1.42. The molecule has 0 fully saturated rings. The lowest BCUT2D eigenvalue weighted by Crippen LogP contribution is -2.23. The zero-order valence-corrected chi connectivity index (χ0v) is 10.6. The van der Waals surface area contributed by atoms with Gasteiger partial charge in [-0.3, -0.25) is 0 Å². The summed E-state index contributed by atoms with van der Waals surface area (Å²) in [5.74, 6) is 0.298. The number of rotatable bonds is 6. The van der Waals surface area contributed by atoms with Gasteiger partial charge in [0.15, 0.2) is 0 Å². The Morgan fingerprint density at radius 3 is 2.76 bits per heavy atom. The summed E-state index contributed by atoms with van der Waals surface area (Å²) in [6.07, 6.45) is 0.0345. The highest BCUT2D eigenvalue weighted by atomic mass is 35.5. The van der Waals surface area contributed by atoms with Crippen molar-refractivity contribution < 1.29 is 14.9 Å². The Morgan fingerprint density at radius 2 is 2.24 bits per heavy atom. The fraction of sp³-hybridized carbons (Fsp3) is 0.545. The Kier molecular flexibility index (Phi) is 5.64. The van der Waals surface area contributed by atoms with E-state index in [0.717, 1.165) is 0 Å². The predicted octanol–water partition coefficient (Wildman–Crippen LogP) is 0.747. The minimum Gasteiger partial charge on any atom is -0.480 e. The van der Waals surface area contributed by atoms with Crippen LogP contribution in [0.4, 0.5) is 0 Å². The summed E-state index contributed by atoms with van der Waals surface area (Å²) in [4.78, 5) is 3.94. The van der Waals surface area contributed by atoms with E-state index in [9.17, 15) is 10.2 Å². The molecule has 0 saturated heterocycles. The van der Waals surface area contributed by atoms with Crippen molar-refractivity contribution in [1.29, 1.82) is 0 Å². The van der Waals surface area contributed by atoms with Crippen LogP contribution in [0.3, 0.4) is 0 Å². The standard InChI is InChI=1S/C11H17ClN2O3/c1-13-4-3-9(15)10(16)7-5-8(12)11(17-2)14-6-7/h5-6,9-10,13,15-16H,3-4H2,1-2H3. The molecule has 1 aromatic rings. The molecule has 3 N–H and O–H groups in total. The highest BCUT2D eigenvalue weighted by Gasteiger charge is 2.19. The van der Waals surface area contributed by atoms with E-state index in [0.29, 0.717) is 29.4 Å². The van der Waals surface area contributed by atoms with Crippen LogP contribution in [0.15, 0.2) is 12.3 Å². The van der Waals surface area contributed by atoms with Crippen LogP contribution in [0.1, 0.15) is 18.1 Å². The molecule has 1 heterocycles. The van der Waals surface area contributed by atoms with Gasteiger partial charge in [-0.2, -0.15) is 0 Å². The average Bonchev–Trinajstić information content (AvgIpc) is 2.34. The van der Waals surface area contributed by atoms with E-state index in [4.69, 9.17) is 16.3 Å². The number of nitrogens with one attached hydrogen (secondary N) is 1. The van der Waals surface area contributed by atoms with Crippen molar-refractivity contribution in [3.8, 4) is 5.88 Å². The lowest BCUT2D eigenvalue weighted by Gasteiger charge is -2.18. The van der Waals surface area contributed by atoms with Gasteiger partial charge in [0.2, 0.25) is 5.88 Å². The molecule has 5 nitrogen and oxygen atoms in total. The number of aliphatic hydroxyl groups excluding tert-OH is 2. The van der Waals surface area contributed by atoms with Gasteiger partial charge < -0.3 is 20.3 Å². The summed E-state index contributed by atoms with van der Waals surface area (Å²) in [6, 6.07) is 1.54. The largest absolute Gasteiger partial charge is 0.480 e. The van der Waals surface area contributed by atoms with Crippen LogP contribution in [0.25, 0.3) is 0 Å². The van der Waals surface area contributed by atoms with Crippen molar-refractivity contribution >= 4 is 11.6 Å². The lowest BCUT2D eigenvalue weighted by molar-refractivity contribution is 0.0138. The minimum absolute atomic E-state index is 0.298. The third kappa shape index (κ3) is 3.81. The van der Waals surface area contributed by atoms with Crippen LogP contribution in [0.2, 0.25) is 5.02 Å². The van der Waals surface area contributed by atoms with Crippen molar-refractivity contribution in [3.05, 3.63) is 22.8 Å². The van der Waals surface area contributed by atoms with E-state index >= 15 is 0 Å². The number of halogens is 1. The van der Waals surface area contributed by atoms with Crippen molar-refractivity contribution in [2.24, 2.45) is 0 Å². The average molecular weight is 261 g/mol. The molecule has 2 unspecified atom stereocenters. The van der Waals surface area contributed by atoms with E-state index in [1.807, 2.05) is 0 Å². The molecule has 0 saturated carbocycles. The maximum Gasteiger partial charge on any atom is 0.232 e. The van der Waals surface area contributed by atoms with Gasteiger partial charge >= 0.3 is 0 Å². The molecule has 0 aromatic carbocycles. The van der Waals surface area contributed by atoms with Crippen LogP contribution < -0.4 is 10.1 Å². The minimum atomic E-state index is -1.00. The number of methoxy groups -OCH3 is 1. The van der Waals surface area contributed by atoms with Gasteiger partial charge in [-0.05, 0) is 26.1 Å². The first-order chi connectivity index (χ1) is 8.10. The normalized spacial score (nSPS) is 14.4. The molecule has 0 amide bonds. The smallest absolute Gasteiger partial charge is 0.232 e. The Labute approximate surface area is 105 Å². The molecule has 0 spiro atoms. The summed E-state index contributed by atoms with van der Waals surface area (Å²) in [5.41, 5.74) is 0.472.